The van der Waals surface area contributed by atoms with Crippen LogP contribution in [0.5, 0.6) is 11.6 Å². The Kier molecular flexibility index (Phi) is 7.36. The number of H-pyrrole nitrogens is 1. The Hall–Kier alpha value is -3.77. The number of carbonyl (C=O) groups excluding carboxylic acids is 1. The lowest BCUT2D eigenvalue weighted by Crippen LogP contribution is -2.52. The predicted molar refractivity (Wildman–Crippen MR) is 125 cm³/mol. The summed E-state index contributed by atoms with van der Waals surface area (Å²) in [5, 5.41) is 2.63. The summed E-state index contributed by atoms with van der Waals surface area (Å²) in [7, 11) is 0. The molecule has 1 amide bonds. The molecule has 3 heterocycles. The number of halogens is 3. The van der Waals surface area contributed by atoms with Crippen LogP contribution in [0, 0.1) is 5.82 Å². The molecule has 3 aromatic rings. The summed E-state index contributed by atoms with van der Waals surface area (Å²) in [5.74, 6) is -4.40. The van der Waals surface area contributed by atoms with Crippen LogP contribution in [0.2, 0.25) is 0 Å². The van der Waals surface area contributed by atoms with Crippen molar-refractivity contribution in [3.8, 4) is 11.6 Å². The minimum atomic E-state index is -3.01. The van der Waals surface area contributed by atoms with Gasteiger partial charge in [-0.1, -0.05) is 0 Å². The van der Waals surface area contributed by atoms with E-state index in [0.717, 1.165) is 0 Å². The predicted octanol–water partition coefficient (Wildman–Crippen LogP) is 3.01. The van der Waals surface area contributed by atoms with E-state index < -0.39 is 41.6 Å². The lowest BCUT2D eigenvalue weighted by atomic mass is 9.86. The van der Waals surface area contributed by atoms with Crippen LogP contribution < -0.4 is 21.3 Å². The lowest BCUT2D eigenvalue weighted by molar-refractivity contribution is -0.125. The fourth-order valence-corrected chi connectivity index (χ4v) is 3.98. The van der Waals surface area contributed by atoms with Crippen LogP contribution in [0.25, 0.3) is 0 Å². The van der Waals surface area contributed by atoms with E-state index in [1.54, 1.807) is 11.8 Å². The molecule has 2 atom stereocenters. The zero-order valence-electron chi connectivity index (χ0n) is 19.4. The highest BCUT2D eigenvalue weighted by molar-refractivity contribution is 5.93. The van der Waals surface area contributed by atoms with Crippen molar-refractivity contribution in [2.45, 2.75) is 37.8 Å². The largest absolute Gasteiger partial charge is 0.438 e. The van der Waals surface area contributed by atoms with Gasteiger partial charge in [0.15, 0.2) is 5.82 Å². The number of hydrogen-bond acceptors (Lipinski definition) is 7. The van der Waals surface area contributed by atoms with E-state index in [2.05, 4.69) is 20.3 Å². The number of rotatable bonds is 7. The first-order valence-corrected chi connectivity index (χ1v) is 11.3. The highest BCUT2D eigenvalue weighted by atomic mass is 19.3. The zero-order chi connectivity index (χ0) is 25.9. The van der Waals surface area contributed by atoms with Crippen molar-refractivity contribution in [1.82, 2.24) is 19.9 Å². The molecule has 1 aliphatic heterocycles. The maximum Gasteiger partial charge on any atom is 0.257 e. The molecule has 4 rings (SSSR count). The van der Waals surface area contributed by atoms with Gasteiger partial charge in [-0.25, -0.2) is 23.1 Å². The number of nitrogens with zero attached hydrogens (tertiary/aromatic N) is 3. The number of nitrogens with two attached hydrogens (primary N) is 1. The SMILES string of the molecule is C[C@@H](C(=O)Nc1cnc(Oc2ccc(F)cc2)cn1)N1CCC(F)(F)[C@@H](c2c[nH]c(=O)c(CN)c2)C1. The van der Waals surface area contributed by atoms with E-state index in [0.29, 0.717) is 5.75 Å². The summed E-state index contributed by atoms with van der Waals surface area (Å²) in [5.41, 5.74) is 5.62. The van der Waals surface area contributed by atoms with Crippen LogP contribution in [0.1, 0.15) is 30.4 Å². The number of alkyl halides is 2. The summed E-state index contributed by atoms with van der Waals surface area (Å²) in [6, 6.07) is 6.03. The number of likely N-dealkylation sites (tertiary alicyclic amines) is 1. The number of ether oxygens (including phenoxy) is 1. The highest BCUT2D eigenvalue weighted by Gasteiger charge is 2.46. The van der Waals surface area contributed by atoms with Gasteiger partial charge in [-0.15, -0.1) is 0 Å². The van der Waals surface area contributed by atoms with Crippen molar-refractivity contribution < 1.29 is 22.7 Å². The van der Waals surface area contributed by atoms with Gasteiger partial charge in [0.05, 0.1) is 24.4 Å². The molecule has 0 saturated carbocycles. The van der Waals surface area contributed by atoms with Gasteiger partial charge in [0.1, 0.15) is 11.6 Å². The summed E-state index contributed by atoms with van der Waals surface area (Å²) in [6.45, 7) is 1.47. The van der Waals surface area contributed by atoms with Gasteiger partial charge >= 0.3 is 0 Å². The van der Waals surface area contributed by atoms with Crippen molar-refractivity contribution in [1.29, 1.82) is 0 Å². The molecule has 0 radical (unpaired) electrons. The Labute approximate surface area is 204 Å². The van der Waals surface area contributed by atoms with Gasteiger partial charge in [0, 0.05) is 37.8 Å². The summed E-state index contributed by atoms with van der Waals surface area (Å²) < 4.78 is 48.1. The number of carbonyl (C=O) groups is 1. The molecule has 1 fully saturated rings. The van der Waals surface area contributed by atoms with Crippen molar-refractivity contribution in [2.24, 2.45) is 5.73 Å². The van der Waals surface area contributed by atoms with Gasteiger partial charge in [-0.05, 0) is 42.8 Å². The van der Waals surface area contributed by atoms with E-state index >= 15 is 0 Å². The van der Waals surface area contributed by atoms with Crippen LogP contribution in [-0.4, -0.2) is 50.8 Å². The average molecular weight is 502 g/mol. The topological polar surface area (TPSA) is 126 Å². The number of pyridine rings is 1. The lowest BCUT2D eigenvalue weighted by Gasteiger charge is -2.40. The molecular weight excluding hydrogens is 477 g/mol. The molecule has 2 aromatic heterocycles. The molecule has 1 aromatic carbocycles. The zero-order valence-corrected chi connectivity index (χ0v) is 19.4. The van der Waals surface area contributed by atoms with Gasteiger partial charge in [0.2, 0.25) is 11.8 Å². The Bertz CT molecular complexity index is 1270. The fourth-order valence-electron chi connectivity index (χ4n) is 3.98. The minimum absolute atomic E-state index is 0.0152. The standard InChI is InChI=1S/C24H25F3N6O3/c1-14(22(34)32-20-11-30-21(12-29-20)36-18-4-2-17(25)3-5-18)33-7-6-24(26,27)19(13-33)16-8-15(9-28)23(35)31-10-16/h2-5,8,10-12,14,19H,6-7,9,13,28H2,1H3,(H,31,35)(H,29,32,34)/t14-,19+/m0/s1. The highest BCUT2D eigenvalue weighted by Crippen LogP contribution is 2.40. The van der Waals surface area contributed by atoms with Crippen LogP contribution in [0.15, 0.2) is 53.7 Å². The van der Waals surface area contributed by atoms with E-state index in [4.69, 9.17) is 10.5 Å². The molecule has 12 heteroatoms. The normalized spacial score (nSPS) is 18.4. The summed E-state index contributed by atoms with van der Waals surface area (Å²) >= 11 is 0. The molecule has 9 nitrogen and oxygen atoms in total. The molecular formula is C24H25F3N6O3. The van der Waals surface area contributed by atoms with Gasteiger partial charge < -0.3 is 20.8 Å². The number of hydrogen-bond donors (Lipinski definition) is 3. The fraction of sp³-hybridized carbons (Fsp3) is 0.333. The van der Waals surface area contributed by atoms with Gasteiger partial charge in [-0.3, -0.25) is 14.5 Å². The Morgan fingerprint density at radius 2 is 2.06 bits per heavy atom. The van der Waals surface area contributed by atoms with E-state index in [-0.39, 0.29) is 42.5 Å². The monoisotopic (exact) mass is 502 g/mol. The van der Waals surface area contributed by atoms with Gasteiger partial charge in [-0.2, -0.15) is 0 Å². The first kappa shape index (κ1) is 25.3. The number of aromatic nitrogens is 3. The van der Waals surface area contributed by atoms with Crippen molar-refractivity contribution in [3.05, 3.63) is 76.2 Å². The van der Waals surface area contributed by atoms with Crippen LogP contribution in [-0.2, 0) is 11.3 Å². The maximum absolute atomic E-state index is 14.8. The Balaban J connectivity index is 1.40. The Morgan fingerprint density at radius 3 is 2.72 bits per heavy atom. The van der Waals surface area contributed by atoms with Crippen LogP contribution in [0.3, 0.4) is 0 Å². The van der Waals surface area contributed by atoms with E-state index in [9.17, 15) is 22.8 Å². The number of nitrogens with one attached hydrogen (secondary N) is 2. The van der Waals surface area contributed by atoms with E-state index in [1.807, 2.05) is 0 Å². The quantitative estimate of drug-likeness (QED) is 0.453. The van der Waals surface area contributed by atoms with Crippen molar-refractivity contribution >= 4 is 11.7 Å². The second-order valence-corrected chi connectivity index (χ2v) is 8.51. The number of aromatic amines is 1. The third-order valence-electron chi connectivity index (χ3n) is 6.13. The smallest absolute Gasteiger partial charge is 0.257 e. The number of piperidine rings is 1. The third-order valence-corrected chi connectivity index (χ3v) is 6.13. The first-order valence-electron chi connectivity index (χ1n) is 11.3. The van der Waals surface area contributed by atoms with Crippen LogP contribution >= 0.6 is 0 Å². The maximum atomic E-state index is 14.8. The molecule has 1 saturated heterocycles. The summed E-state index contributed by atoms with van der Waals surface area (Å²) in [6.07, 6.45) is 3.43. The van der Waals surface area contributed by atoms with Gasteiger partial charge in [0.25, 0.3) is 11.5 Å². The van der Waals surface area contributed by atoms with Crippen LogP contribution in [0.4, 0.5) is 19.0 Å². The average Bonchev–Trinajstić information content (AvgIpc) is 2.86. The molecule has 0 bridgehead atoms. The molecule has 0 aliphatic carbocycles. The minimum Gasteiger partial charge on any atom is -0.438 e. The third kappa shape index (κ3) is 5.71. The second kappa shape index (κ2) is 10.5. The molecule has 0 unspecified atom stereocenters. The van der Waals surface area contributed by atoms with Crippen molar-refractivity contribution in [3.63, 3.8) is 0 Å². The number of anilines is 1. The number of amides is 1. The van der Waals surface area contributed by atoms with Crippen molar-refractivity contribution in [2.75, 3.05) is 18.4 Å². The van der Waals surface area contributed by atoms with E-state index in [1.165, 1.54) is 48.9 Å². The molecule has 4 N–H and O–H groups in total. The molecule has 190 valence electrons. The Morgan fingerprint density at radius 1 is 1.31 bits per heavy atom. The summed E-state index contributed by atoms with van der Waals surface area (Å²) in [4.78, 5) is 36.9. The molecule has 36 heavy (non-hydrogen) atoms. The number of benzene rings is 1. The molecule has 1 aliphatic rings. The molecule has 0 spiro atoms. The first-order chi connectivity index (χ1) is 17.2. The second-order valence-electron chi connectivity index (χ2n) is 8.51.